The smallest absolute Gasteiger partial charge is 0.268 e. The average Bonchev–Trinajstić information content (AvgIpc) is 3.10. The summed E-state index contributed by atoms with van der Waals surface area (Å²) in [7, 11) is 0. The molecule has 3 N–H and O–H groups in total. The van der Waals surface area contributed by atoms with Gasteiger partial charge in [-0.1, -0.05) is 6.07 Å². The van der Waals surface area contributed by atoms with Gasteiger partial charge >= 0.3 is 0 Å². The lowest BCUT2D eigenvalue weighted by molar-refractivity contribution is 0.0996. The van der Waals surface area contributed by atoms with E-state index in [1.54, 1.807) is 11.4 Å². The first-order valence-electron chi connectivity index (χ1n) is 8.27. The second-order valence-electron chi connectivity index (χ2n) is 6.21. The number of carbonyl (C=O) groups is 1. The number of amides is 1. The summed E-state index contributed by atoms with van der Waals surface area (Å²) < 4.78 is 26.5. The number of thiazole rings is 1. The summed E-state index contributed by atoms with van der Waals surface area (Å²) in [5.74, 6) is -2.28. The lowest BCUT2D eigenvalue weighted by Gasteiger charge is -2.41. The van der Waals surface area contributed by atoms with E-state index in [2.05, 4.69) is 14.8 Å². The maximum Gasteiger partial charge on any atom is 0.268 e. The molecule has 140 valence electrons. The molecule has 2 heterocycles. The van der Waals surface area contributed by atoms with Gasteiger partial charge in [-0.2, -0.15) is 0 Å². The predicted octanol–water partition coefficient (Wildman–Crippen LogP) is 1.59. The number of piperazine rings is 1. The van der Waals surface area contributed by atoms with Crippen LogP contribution < -0.4 is 10.6 Å². The van der Waals surface area contributed by atoms with E-state index in [-0.39, 0.29) is 18.3 Å². The van der Waals surface area contributed by atoms with Crippen molar-refractivity contribution in [1.82, 2.24) is 9.88 Å². The van der Waals surface area contributed by atoms with Crippen molar-refractivity contribution in [3.8, 4) is 0 Å². The third-order valence-electron chi connectivity index (χ3n) is 4.45. The number of hydrogen-bond acceptors (Lipinski definition) is 6. The Bertz CT molecular complexity index is 786. The van der Waals surface area contributed by atoms with Crippen LogP contribution in [0.2, 0.25) is 0 Å². The van der Waals surface area contributed by atoms with Crippen LogP contribution in [0.3, 0.4) is 0 Å². The lowest BCUT2D eigenvalue weighted by Crippen LogP contribution is -2.53. The van der Waals surface area contributed by atoms with Crippen molar-refractivity contribution in [2.24, 2.45) is 5.73 Å². The highest BCUT2D eigenvalue weighted by Crippen LogP contribution is 2.25. The highest BCUT2D eigenvalue weighted by Gasteiger charge is 2.28. The van der Waals surface area contributed by atoms with E-state index in [4.69, 9.17) is 5.73 Å². The first kappa shape index (κ1) is 18.7. The van der Waals surface area contributed by atoms with Crippen LogP contribution in [0.25, 0.3) is 0 Å². The Labute approximate surface area is 153 Å². The van der Waals surface area contributed by atoms with Gasteiger partial charge in [-0.25, -0.2) is 13.8 Å². The Morgan fingerprint density at radius 1 is 1.35 bits per heavy atom. The fraction of sp³-hybridized carbons (Fsp3) is 0.412. The number of primary amides is 1. The van der Waals surface area contributed by atoms with Gasteiger partial charge < -0.3 is 15.7 Å². The van der Waals surface area contributed by atoms with Crippen LogP contribution in [0.5, 0.6) is 0 Å². The molecule has 1 fully saturated rings. The minimum absolute atomic E-state index is 0.0250. The SMILES string of the molecule is NC(=O)c1csc(N2CCN(Cc3ccc(F)c(F)c3)C(CCO)C2)n1. The van der Waals surface area contributed by atoms with Crippen LogP contribution in [0.15, 0.2) is 23.6 Å². The number of anilines is 1. The molecule has 1 amide bonds. The van der Waals surface area contributed by atoms with Crippen molar-refractivity contribution in [2.75, 3.05) is 31.1 Å². The fourth-order valence-corrected chi connectivity index (χ4v) is 3.94. The summed E-state index contributed by atoms with van der Waals surface area (Å²) in [6, 6.07) is 3.93. The van der Waals surface area contributed by atoms with Crippen molar-refractivity contribution in [3.05, 3.63) is 46.5 Å². The Hall–Kier alpha value is -2.10. The molecule has 26 heavy (non-hydrogen) atoms. The maximum atomic E-state index is 13.4. The van der Waals surface area contributed by atoms with Crippen molar-refractivity contribution in [1.29, 1.82) is 0 Å². The van der Waals surface area contributed by atoms with Crippen LogP contribution in [-0.2, 0) is 6.54 Å². The standard InChI is InChI=1S/C17H20F2N4O2S/c18-13-2-1-11(7-14(13)19)8-22-4-5-23(9-12(22)3-6-24)17-21-15(10-26-17)16(20)25/h1-2,7,10,12,24H,3-6,8-9H2,(H2,20,25). The van der Waals surface area contributed by atoms with E-state index >= 15 is 0 Å². The minimum atomic E-state index is -0.862. The van der Waals surface area contributed by atoms with Gasteiger partial charge in [0.25, 0.3) is 5.91 Å². The lowest BCUT2D eigenvalue weighted by atomic mass is 10.1. The number of nitrogens with two attached hydrogens (primary N) is 1. The average molecular weight is 382 g/mol. The van der Waals surface area contributed by atoms with Gasteiger partial charge in [0, 0.05) is 44.2 Å². The second-order valence-corrected chi connectivity index (χ2v) is 7.05. The third kappa shape index (κ3) is 4.17. The number of carbonyl (C=O) groups excluding carboxylic acids is 1. The summed E-state index contributed by atoms with van der Waals surface area (Å²) in [5, 5.41) is 11.7. The summed E-state index contributed by atoms with van der Waals surface area (Å²) in [6.07, 6.45) is 0.550. The molecule has 2 aromatic rings. The van der Waals surface area contributed by atoms with E-state index in [9.17, 15) is 18.7 Å². The summed E-state index contributed by atoms with van der Waals surface area (Å²) in [4.78, 5) is 19.7. The van der Waals surface area contributed by atoms with Gasteiger partial charge in [-0.15, -0.1) is 11.3 Å². The predicted molar refractivity (Wildman–Crippen MR) is 95.1 cm³/mol. The number of aromatic nitrogens is 1. The number of rotatable bonds is 6. The maximum absolute atomic E-state index is 13.4. The number of nitrogens with zero attached hydrogens (tertiary/aromatic N) is 3. The quantitative estimate of drug-likeness (QED) is 0.793. The van der Waals surface area contributed by atoms with Crippen molar-refractivity contribution in [3.63, 3.8) is 0 Å². The Balaban J connectivity index is 1.70. The molecule has 3 rings (SSSR count). The van der Waals surface area contributed by atoms with E-state index in [1.165, 1.54) is 17.4 Å². The summed E-state index contributed by atoms with van der Waals surface area (Å²) >= 11 is 1.35. The van der Waals surface area contributed by atoms with Gasteiger partial charge in [0.2, 0.25) is 0 Å². The zero-order chi connectivity index (χ0) is 18.7. The molecule has 0 spiro atoms. The molecule has 1 saturated heterocycles. The number of aliphatic hydroxyl groups excluding tert-OH is 1. The molecule has 1 atom stereocenters. The van der Waals surface area contributed by atoms with Crippen LogP contribution in [0.4, 0.5) is 13.9 Å². The van der Waals surface area contributed by atoms with Gasteiger partial charge in [0.1, 0.15) is 5.69 Å². The van der Waals surface area contributed by atoms with Crippen molar-refractivity contribution >= 4 is 22.4 Å². The summed E-state index contributed by atoms with van der Waals surface area (Å²) in [5.41, 5.74) is 6.18. The molecular formula is C17H20F2N4O2S. The Morgan fingerprint density at radius 2 is 2.15 bits per heavy atom. The third-order valence-corrected chi connectivity index (χ3v) is 5.35. The zero-order valence-electron chi connectivity index (χ0n) is 14.1. The minimum Gasteiger partial charge on any atom is -0.396 e. The molecule has 1 aromatic carbocycles. The molecule has 0 bridgehead atoms. The van der Waals surface area contributed by atoms with E-state index in [1.807, 2.05) is 0 Å². The van der Waals surface area contributed by atoms with Crippen LogP contribution in [0.1, 0.15) is 22.5 Å². The molecule has 1 aliphatic rings. The second kappa shape index (κ2) is 8.07. The van der Waals surface area contributed by atoms with Gasteiger partial charge in [0.05, 0.1) is 0 Å². The molecule has 6 nitrogen and oxygen atoms in total. The van der Waals surface area contributed by atoms with Gasteiger partial charge in [0.15, 0.2) is 16.8 Å². The monoisotopic (exact) mass is 382 g/mol. The normalized spacial score (nSPS) is 18.3. The molecule has 9 heteroatoms. The molecule has 1 unspecified atom stereocenters. The molecule has 0 aliphatic carbocycles. The number of aliphatic hydroxyl groups is 1. The van der Waals surface area contributed by atoms with E-state index in [0.29, 0.717) is 43.3 Å². The molecule has 0 radical (unpaired) electrons. The number of halogens is 2. The highest BCUT2D eigenvalue weighted by molar-refractivity contribution is 7.13. The highest BCUT2D eigenvalue weighted by atomic mass is 32.1. The summed E-state index contributed by atoms with van der Waals surface area (Å²) in [6.45, 7) is 2.47. The van der Waals surface area contributed by atoms with Crippen LogP contribution >= 0.6 is 11.3 Å². The van der Waals surface area contributed by atoms with Crippen molar-refractivity contribution < 1.29 is 18.7 Å². The van der Waals surface area contributed by atoms with E-state index in [0.717, 1.165) is 6.07 Å². The van der Waals surface area contributed by atoms with Gasteiger partial charge in [-0.05, 0) is 24.1 Å². The van der Waals surface area contributed by atoms with E-state index < -0.39 is 17.5 Å². The topological polar surface area (TPSA) is 82.7 Å². The fourth-order valence-electron chi connectivity index (χ4n) is 3.09. The first-order valence-corrected chi connectivity index (χ1v) is 9.15. The zero-order valence-corrected chi connectivity index (χ0v) is 14.9. The molecular weight excluding hydrogens is 362 g/mol. The Morgan fingerprint density at radius 3 is 2.81 bits per heavy atom. The van der Waals surface area contributed by atoms with Crippen molar-refractivity contribution in [2.45, 2.75) is 19.0 Å². The van der Waals surface area contributed by atoms with Crippen LogP contribution in [0, 0.1) is 11.6 Å². The number of hydrogen-bond donors (Lipinski definition) is 2. The largest absolute Gasteiger partial charge is 0.396 e. The Kier molecular flexibility index (Phi) is 5.80. The first-order chi connectivity index (χ1) is 12.5. The van der Waals surface area contributed by atoms with Gasteiger partial charge in [-0.3, -0.25) is 9.69 Å². The molecule has 0 saturated carbocycles. The van der Waals surface area contributed by atoms with Crippen LogP contribution in [-0.4, -0.2) is 53.2 Å². The molecule has 1 aromatic heterocycles. The number of benzene rings is 1. The molecule has 1 aliphatic heterocycles.